The normalized spacial score (nSPS) is 28.7. The highest BCUT2D eigenvalue weighted by Crippen LogP contribution is 2.53. The van der Waals surface area contributed by atoms with Crippen LogP contribution >= 0.6 is 22.9 Å². The second-order valence-electron chi connectivity index (χ2n) is 8.65. The van der Waals surface area contributed by atoms with Crippen molar-refractivity contribution in [1.82, 2.24) is 19.9 Å². The molecule has 3 aliphatic rings. The molecular weight excluding hydrogens is 424 g/mol. The first kappa shape index (κ1) is 20.2. The molecule has 9 heteroatoms. The Morgan fingerprint density at radius 3 is 2.80 bits per heavy atom. The smallest absolute Gasteiger partial charge is 0.235 e. The van der Waals surface area contributed by atoms with Gasteiger partial charge in [0, 0.05) is 18.7 Å². The minimum atomic E-state index is -0.368. The molecule has 0 aromatic carbocycles. The maximum atomic E-state index is 13.4. The SMILES string of the molecule is CN(C)CCCN1C(=O)[C@@H]2[C@H](C1=O)[C@H]1CCCN1[C@@H]2c1cc(-c2ccc(Cl)s2)on1. The molecule has 5 rings (SSSR count). The molecule has 2 amide bonds. The lowest BCUT2D eigenvalue weighted by atomic mass is 9.86. The van der Waals surface area contributed by atoms with Crippen LogP contribution in [0.5, 0.6) is 0 Å². The van der Waals surface area contributed by atoms with E-state index < -0.39 is 0 Å². The van der Waals surface area contributed by atoms with E-state index in [2.05, 4.69) is 15.0 Å². The van der Waals surface area contributed by atoms with Crippen LogP contribution in [0, 0.1) is 11.8 Å². The topological polar surface area (TPSA) is 69.9 Å². The van der Waals surface area contributed by atoms with Crippen molar-refractivity contribution >= 4 is 34.8 Å². The average Bonchev–Trinajstić information content (AvgIpc) is 3.47. The fraction of sp³-hybridized carbons (Fsp3) is 0.571. The van der Waals surface area contributed by atoms with Crippen molar-refractivity contribution in [3.8, 4) is 10.6 Å². The summed E-state index contributed by atoms with van der Waals surface area (Å²) in [6.07, 6.45) is 2.78. The number of imide groups is 1. The molecule has 5 heterocycles. The Labute approximate surface area is 184 Å². The van der Waals surface area contributed by atoms with Crippen LogP contribution in [0.4, 0.5) is 0 Å². The molecular formula is C21H25ClN4O3S. The van der Waals surface area contributed by atoms with Crippen LogP contribution in [-0.4, -0.2) is 71.4 Å². The van der Waals surface area contributed by atoms with E-state index in [1.807, 2.05) is 32.3 Å². The van der Waals surface area contributed by atoms with Gasteiger partial charge in [0.15, 0.2) is 5.76 Å². The lowest BCUT2D eigenvalue weighted by Gasteiger charge is -2.27. The minimum absolute atomic E-state index is 0.00286. The maximum absolute atomic E-state index is 13.4. The first-order valence-electron chi connectivity index (χ1n) is 10.4. The third-order valence-electron chi connectivity index (χ3n) is 6.58. The predicted octanol–water partition coefficient (Wildman–Crippen LogP) is 3.13. The van der Waals surface area contributed by atoms with Crippen molar-refractivity contribution in [2.45, 2.75) is 31.3 Å². The molecule has 0 N–H and O–H groups in total. The van der Waals surface area contributed by atoms with E-state index in [-0.39, 0.29) is 35.7 Å². The zero-order valence-corrected chi connectivity index (χ0v) is 18.7. The Hall–Kier alpha value is -1.74. The van der Waals surface area contributed by atoms with Crippen molar-refractivity contribution in [1.29, 1.82) is 0 Å². The molecule has 3 aliphatic heterocycles. The fourth-order valence-electron chi connectivity index (χ4n) is 5.37. The molecule has 7 nitrogen and oxygen atoms in total. The first-order chi connectivity index (χ1) is 14.5. The van der Waals surface area contributed by atoms with E-state index in [4.69, 9.17) is 16.1 Å². The molecule has 30 heavy (non-hydrogen) atoms. The van der Waals surface area contributed by atoms with Crippen LogP contribution < -0.4 is 0 Å². The Morgan fingerprint density at radius 2 is 2.07 bits per heavy atom. The number of amides is 2. The number of rotatable bonds is 6. The molecule has 3 fully saturated rings. The zero-order valence-electron chi connectivity index (χ0n) is 17.1. The van der Waals surface area contributed by atoms with E-state index in [0.717, 1.165) is 42.9 Å². The number of carbonyl (C=O) groups excluding carboxylic acids is 2. The largest absolute Gasteiger partial charge is 0.355 e. The summed E-state index contributed by atoms with van der Waals surface area (Å²) < 4.78 is 6.30. The minimum Gasteiger partial charge on any atom is -0.355 e. The van der Waals surface area contributed by atoms with Crippen molar-refractivity contribution in [2.75, 3.05) is 33.7 Å². The van der Waals surface area contributed by atoms with Gasteiger partial charge in [-0.3, -0.25) is 19.4 Å². The molecule has 2 aromatic rings. The first-order valence-corrected chi connectivity index (χ1v) is 11.6. The van der Waals surface area contributed by atoms with Crippen molar-refractivity contribution in [3.63, 3.8) is 0 Å². The van der Waals surface area contributed by atoms with Crippen LogP contribution in [0.15, 0.2) is 22.7 Å². The van der Waals surface area contributed by atoms with Gasteiger partial charge in [0.2, 0.25) is 11.8 Å². The summed E-state index contributed by atoms with van der Waals surface area (Å²) in [5.74, 6) is -0.0304. The van der Waals surface area contributed by atoms with Crippen molar-refractivity contribution in [3.05, 3.63) is 28.2 Å². The van der Waals surface area contributed by atoms with Crippen LogP contribution in [0.1, 0.15) is 31.0 Å². The number of thiophene rings is 1. The maximum Gasteiger partial charge on any atom is 0.235 e. The van der Waals surface area contributed by atoms with Gasteiger partial charge in [-0.1, -0.05) is 16.8 Å². The number of aromatic nitrogens is 1. The number of carbonyl (C=O) groups is 2. The summed E-state index contributed by atoms with van der Waals surface area (Å²) in [6, 6.07) is 5.56. The van der Waals surface area contributed by atoms with E-state index in [0.29, 0.717) is 16.6 Å². The second kappa shape index (κ2) is 7.75. The summed E-state index contributed by atoms with van der Waals surface area (Å²) in [4.78, 5) is 33.4. The molecule has 3 saturated heterocycles. The number of likely N-dealkylation sites (tertiary alicyclic amines) is 1. The van der Waals surface area contributed by atoms with Crippen LogP contribution in [0.3, 0.4) is 0 Å². The van der Waals surface area contributed by atoms with Gasteiger partial charge in [-0.15, -0.1) is 11.3 Å². The van der Waals surface area contributed by atoms with Crippen molar-refractivity contribution < 1.29 is 14.1 Å². The second-order valence-corrected chi connectivity index (χ2v) is 10.4. The van der Waals surface area contributed by atoms with E-state index >= 15 is 0 Å². The van der Waals surface area contributed by atoms with Crippen LogP contribution in [0.2, 0.25) is 4.34 Å². The number of halogens is 1. The molecule has 0 unspecified atom stereocenters. The zero-order chi connectivity index (χ0) is 21.0. The van der Waals surface area contributed by atoms with E-state index in [9.17, 15) is 9.59 Å². The summed E-state index contributed by atoms with van der Waals surface area (Å²) >= 11 is 7.49. The van der Waals surface area contributed by atoms with Gasteiger partial charge < -0.3 is 9.42 Å². The molecule has 160 valence electrons. The third kappa shape index (κ3) is 3.21. The summed E-state index contributed by atoms with van der Waals surface area (Å²) in [5.41, 5.74) is 0.741. The monoisotopic (exact) mass is 448 g/mol. The summed E-state index contributed by atoms with van der Waals surface area (Å²) in [6.45, 7) is 2.22. The van der Waals surface area contributed by atoms with Gasteiger partial charge in [0.25, 0.3) is 0 Å². The molecule has 0 spiro atoms. The molecule has 0 radical (unpaired) electrons. The number of nitrogens with zero attached hydrogens (tertiary/aromatic N) is 4. The quantitative estimate of drug-likeness (QED) is 0.632. The van der Waals surface area contributed by atoms with Crippen LogP contribution in [0.25, 0.3) is 10.6 Å². The molecule has 0 saturated carbocycles. The molecule has 0 aliphatic carbocycles. The highest BCUT2D eigenvalue weighted by Gasteiger charge is 2.63. The highest BCUT2D eigenvalue weighted by atomic mass is 35.5. The van der Waals surface area contributed by atoms with Gasteiger partial charge in [-0.25, -0.2) is 0 Å². The van der Waals surface area contributed by atoms with Gasteiger partial charge in [-0.2, -0.15) is 0 Å². The van der Waals surface area contributed by atoms with Gasteiger partial charge in [0.1, 0.15) is 5.69 Å². The Bertz CT molecular complexity index is 973. The Kier molecular flexibility index (Phi) is 5.21. The summed E-state index contributed by atoms with van der Waals surface area (Å²) in [7, 11) is 4.00. The number of hydrogen-bond acceptors (Lipinski definition) is 7. The van der Waals surface area contributed by atoms with Gasteiger partial charge in [0.05, 0.1) is 27.1 Å². The Balaban J connectivity index is 1.43. The van der Waals surface area contributed by atoms with Crippen molar-refractivity contribution in [2.24, 2.45) is 11.8 Å². The van der Waals surface area contributed by atoms with E-state index in [1.54, 1.807) is 0 Å². The fourth-order valence-corrected chi connectivity index (χ4v) is 6.37. The van der Waals surface area contributed by atoms with Crippen LogP contribution in [-0.2, 0) is 9.59 Å². The van der Waals surface area contributed by atoms with Gasteiger partial charge in [-0.05, 0) is 58.6 Å². The molecule has 2 aromatic heterocycles. The lowest BCUT2D eigenvalue weighted by molar-refractivity contribution is -0.141. The summed E-state index contributed by atoms with van der Waals surface area (Å²) in [5, 5.41) is 4.33. The number of fused-ring (bicyclic) bond motifs is 3. The molecule has 4 atom stereocenters. The molecule has 0 bridgehead atoms. The number of hydrogen-bond donors (Lipinski definition) is 0. The Morgan fingerprint density at radius 1 is 1.27 bits per heavy atom. The predicted molar refractivity (Wildman–Crippen MR) is 114 cm³/mol. The van der Waals surface area contributed by atoms with Gasteiger partial charge >= 0.3 is 0 Å². The standard InChI is InChI=1S/C21H25ClN4O3S/c1-24(2)8-4-10-26-20(27)17-13-5-3-9-25(13)19(18(17)21(26)28)12-11-14(29-23-12)15-6-7-16(22)30-15/h6-7,11,13,17-19H,3-5,8-10H2,1-2H3/t13-,17-,18-,19-/m1/s1. The van der Waals surface area contributed by atoms with E-state index in [1.165, 1.54) is 16.2 Å². The third-order valence-corrected chi connectivity index (χ3v) is 7.82. The lowest BCUT2D eigenvalue weighted by Crippen LogP contribution is -2.40. The highest BCUT2D eigenvalue weighted by molar-refractivity contribution is 7.19. The average molecular weight is 449 g/mol.